The van der Waals surface area contributed by atoms with Gasteiger partial charge in [-0.2, -0.15) is 4.98 Å². The molecule has 0 atom stereocenters. The predicted octanol–water partition coefficient (Wildman–Crippen LogP) is 7.72. The van der Waals surface area contributed by atoms with Gasteiger partial charge in [-0.25, -0.2) is 0 Å². The standard InChI is InChI=1S/C26H28BrN3O.C8H12/c1-29-14-10-17(11-15-29)18-8-9-19-22(16-18)30-21-7-5-6-20(27)23(21)24(31)28-25(30)26(19)12-3-2-4-13-26;1-2-8-6-4-3-5-7-8/h5-9,16-17H,2-4,10-15H2,1H3;1,8H,3-7H2. The lowest BCUT2D eigenvalue weighted by Crippen LogP contribution is -2.32. The number of hydrogen-bond acceptors (Lipinski definition) is 3. The fourth-order valence-corrected chi connectivity index (χ4v) is 8.09. The Kier molecular flexibility index (Phi) is 7.71. The maximum Gasteiger partial charge on any atom is 0.281 e. The summed E-state index contributed by atoms with van der Waals surface area (Å²) in [7, 11) is 2.22. The molecule has 1 aromatic heterocycles. The molecule has 2 aliphatic heterocycles. The molecule has 3 fully saturated rings. The Bertz CT molecular complexity index is 1450. The van der Waals surface area contributed by atoms with Crippen LogP contribution in [0.4, 0.5) is 0 Å². The van der Waals surface area contributed by atoms with Gasteiger partial charge in [0, 0.05) is 10.4 Å². The van der Waals surface area contributed by atoms with Crippen molar-refractivity contribution in [2.45, 2.75) is 88.4 Å². The third-order valence-electron chi connectivity index (χ3n) is 9.81. The average Bonchev–Trinajstić information content (AvgIpc) is 3.23. The van der Waals surface area contributed by atoms with Gasteiger partial charge in [0.1, 0.15) is 5.82 Å². The third-order valence-corrected chi connectivity index (χ3v) is 10.5. The summed E-state index contributed by atoms with van der Waals surface area (Å²) in [5, 5.41) is 0.690. The molecule has 1 saturated heterocycles. The molecular weight excluding hydrogens is 546 g/mol. The Morgan fingerprint density at radius 1 is 0.974 bits per heavy atom. The van der Waals surface area contributed by atoms with Crippen LogP contribution in [-0.2, 0) is 5.41 Å². The number of hydrogen-bond donors (Lipinski definition) is 0. The van der Waals surface area contributed by atoms with Gasteiger partial charge in [-0.15, -0.1) is 12.3 Å². The summed E-state index contributed by atoms with van der Waals surface area (Å²) < 4.78 is 3.15. The number of fused-ring (bicyclic) bond motifs is 7. The minimum atomic E-state index is -0.117. The molecule has 4 aliphatic rings. The monoisotopic (exact) mass is 585 g/mol. The van der Waals surface area contributed by atoms with E-state index in [2.05, 4.69) is 62.6 Å². The maximum atomic E-state index is 13.1. The molecule has 4 nitrogen and oxygen atoms in total. The first-order valence-electron chi connectivity index (χ1n) is 15.0. The van der Waals surface area contributed by atoms with Crippen molar-refractivity contribution in [3.8, 4) is 18.0 Å². The lowest BCUT2D eigenvalue weighted by molar-refractivity contribution is 0.255. The van der Waals surface area contributed by atoms with E-state index in [-0.39, 0.29) is 11.0 Å². The minimum absolute atomic E-state index is 0.109. The summed E-state index contributed by atoms with van der Waals surface area (Å²) in [5.74, 6) is 5.00. The Morgan fingerprint density at radius 2 is 1.69 bits per heavy atom. The normalized spacial score (nSPS) is 21.2. The molecular formula is C34H40BrN3O. The van der Waals surface area contributed by atoms with Crippen LogP contribution in [0.15, 0.2) is 45.7 Å². The molecule has 7 rings (SSSR count). The van der Waals surface area contributed by atoms with E-state index >= 15 is 0 Å². The topological polar surface area (TPSA) is 38.1 Å². The molecule has 204 valence electrons. The van der Waals surface area contributed by atoms with Gasteiger partial charge in [0.25, 0.3) is 5.56 Å². The van der Waals surface area contributed by atoms with E-state index in [1.54, 1.807) is 0 Å². The fourth-order valence-electron chi connectivity index (χ4n) is 7.56. The Balaban J connectivity index is 0.000000299. The molecule has 1 spiro atoms. The molecule has 2 saturated carbocycles. The van der Waals surface area contributed by atoms with Crippen LogP contribution in [0.1, 0.15) is 99.9 Å². The summed E-state index contributed by atoms with van der Waals surface area (Å²) in [6.07, 6.45) is 20.2. The van der Waals surface area contributed by atoms with Crippen LogP contribution in [0.3, 0.4) is 0 Å². The van der Waals surface area contributed by atoms with Gasteiger partial charge in [0.15, 0.2) is 0 Å². The van der Waals surface area contributed by atoms with Crippen LogP contribution in [0, 0.1) is 18.3 Å². The SMILES string of the molecule is C#CC1CCCCC1.CN1CCC(c2ccc3c(c2)-n2c(nc(=O)c4c(Br)cccc42)C32CCCCC2)CC1. The number of likely N-dealkylation sites (tertiary alicyclic amines) is 1. The first kappa shape index (κ1) is 26.8. The van der Waals surface area contributed by atoms with Crippen LogP contribution < -0.4 is 5.56 Å². The number of benzene rings is 2. The van der Waals surface area contributed by atoms with E-state index in [1.807, 2.05) is 12.1 Å². The Morgan fingerprint density at radius 3 is 2.38 bits per heavy atom. The summed E-state index contributed by atoms with van der Waals surface area (Å²) >= 11 is 3.61. The van der Waals surface area contributed by atoms with Gasteiger partial charge >= 0.3 is 0 Å². The first-order chi connectivity index (χ1) is 19.0. The summed E-state index contributed by atoms with van der Waals surface area (Å²) in [5.41, 5.74) is 4.82. The van der Waals surface area contributed by atoms with Crippen molar-refractivity contribution in [2.75, 3.05) is 20.1 Å². The molecule has 2 aromatic carbocycles. The van der Waals surface area contributed by atoms with Crippen molar-refractivity contribution < 1.29 is 0 Å². The van der Waals surface area contributed by atoms with Crippen molar-refractivity contribution in [1.82, 2.24) is 14.5 Å². The van der Waals surface area contributed by atoms with Crippen LogP contribution in [-0.4, -0.2) is 34.6 Å². The number of halogens is 1. The highest BCUT2D eigenvalue weighted by Crippen LogP contribution is 2.52. The van der Waals surface area contributed by atoms with Crippen molar-refractivity contribution in [2.24, 2.45) is 5.92 Å². The smallest absolute Gasteiger partial charge is 0.281 e. The second-order valence-electron chi connectivity index (χ2n) is 12.2. The van der Waals surface area contributed by atoms with Crippen LogP contribution >= 0.6 is 15.9 Å². The third kappa shape index (κ3) is 4.89. The fraction of sp³-hybridized carbons (Fsp3) is 0.529. The molecule has 0 N–H and O–H groups in total. The van der Waals surface area contributed by atoms with Crippen LogP contribution in [0.25, 0.3) is 16.6 Å². The van der Waals surface area contributed by atoms with Crippen molar-refractivity contribution in [3.05, 3.63) is 68.2 Å². The van der Waals surface area contributed by atoms with E-state index in [4.69, 9.17) is 11.4 Å². The predicted molar refractivity (Wildman–Crippen MR) is 164 cm³/mol. The molecule has 0 unspecified atom stereocenters. The summed E-state index contributed by atoms with van der Waals surface area (Å²) in [4.78, 5) is 20.3. The largest absolute Gasteiger partial charge is 0.306 e. The molecule has 0 bridgehead atoms. The van der Waals surface area contributed by atoms with Crippen LogP contribution in [0.2, 0.25) is 0 Å². The Labute approximate surface area is 241 Å². The zero-order valence-corrected chi connectivity index (χ0v) is 24.8. The molecule has 3 aromatic rings. The zero-order valence-electron chi connectivity index (χ0n) is 23.2. The summed E-state index contributed by atoms with van der Waals surface area (Å²) in [6.45, 7) is 2.32. The molecule has 0 amide bonds. The van der Waals surface area contributed by atoms with Gasteiger partial charge in [0.2, 0.25) is 0 Å². The zero-order chi connectivity index (χ0) is 27.0. The van der Waals surface area contributed by atoms with Gasteiger partial charge < -0.3 is 4.90 Å². The van der Waals surface area contributed by atoms with E-state index in [0.717, 1.165) is 41.7 Å². The lowest BCUT2D eigenvalue weighted by Gasteiger charge is -2.34. The molecule has 5 heteroatoms. The quantitative estimate of drug-likeness (QED) is 0.274. The van der Waals surface area contributed by atoms with E-state index in [9.17, 15) is 4.79 Å². The van der Waals surface area contributed by atoms with Gasteiger partial charge in [0.05, 0.1) is 22.0 Å². The van der Waals surface area contributed by atoms with Gasteiger partial charge in [-0.3, -0.25) is 9.36 Å². The second-order valence-corrected chi connectivity index (χ2v) is 13.1. The van der Waals surface area contributed by atoms with Crippen molar-refractivity contribution in [1.29, 1.82) is 0 Å². The van der Waals surface area contributed by atoms with Crippen molar-refractivity contribution in [3.63, 3.8) is 0 Å². The number of piperidine rings is 1. The van der Waals surface area contributed by atoms with E-state index in [1.165, 1.54) is 81.0 Å². The van der Waals surface area contributed by atoms with E-state index < -0.39 is 0 Å². The lowest BCUT2D eigenvalue weighted by atomic mass is 9.69. The minimum Gasteiger partial charge on any atom is -0.306 e. The average molecular weight is 587 g/mol. The van der Waals surface area contributed by atoms with Crippen LogP contribution in [0.5, 0.6) is 0 Å². The highest BCUT2D eigenvalue weighted by Gasteiger charge is 2.46. The highest BCUT2D eigenvalue weighted by molar-refractivity contribution is 9.10. The molecule has 2 aliphatic carbocycles. The maximum absolute atomic E-state index is 13.1. The Hall–Kier alpha value is -2.42. The number of rotatable bonds is 1. The number of nitrogens with zero attached hydrogens (tertiary/aromatic N) is 3. The molecule has 0 radical (unpaired) electrons. The summed E-state index contributed by atoms with van der Waals surface area (Å²) in [6, 6.07) is 13.2. The van der Waals surface area contributed by atoms with Crippen molar-refractivity contribution >= 4 is 26.8 Å². The molecule has 3 heterocycles. The van der Waals surface area contributed by atoms with Gasteiger partial charge in [-0.1, -0.05) is 56.7 Å². The van der Waals surface area contributed by atoms with E-state index in [0.29, 0.717) is 17.2 Å². The molecule has 39 heavy (non-hydrogen) atoms. The first-order valence-corrected chi connectivity index (χ1v) is 15.8. The second kappa shape index (κ2) is 11.2. The number of aromatic nitrogens is 2. The van der Waals surface area contributed by atoms with Gasteiger partial charge in [-0.05, 0) is 110 Å². The highest BCUT2D eigenvalue weighted by atomic mass is 79.9. The number of terminal acetylenes is 1.